The van der Waals surface area contributed by atoms with Crippen LogP contribution in [0, 0.1) is 25.2 Å². The number of rotatable bonds is 3. The molecule has 1 unspecified atom stereocenters. The Kier molecular flexibility index (Phi) is 3.45. The fourth-order valence-electron chi connectivity index (χ4n) is 1.22. The summed E-state index contributed by atoms with van der Waals surface area (Å²) in [5.74, 6) is -0.449. The van der Waals surface area contributed by atoms with Gasteiger partial charge in [-0.1, -0.05) is 0 Å². The van der Waals surface area contributed by atoms with Crippen molar-refractivity contribution in [2.24, 2.45) is 0 Å². The molecule has 80 valence electrons. The summed E-state index contributed by atoms with van der Waals surface area (Å²) < 4.78 is 6.36. The lowest BCUT2D eigenvalue weighted by Gasteiger charge is -2.06. The first-order valence-electron chi connectivity index (χ1n) is 4.63. The number of carbonyl (C=O) groups is 1. The van der Waals surface area contributed by atoms with E-state index in [1.807, 2.05) is 26.0 Å². The quantitative estimate of drug-likeness (QED) is 0.692. The molecule has 0 aliphatic heterocycles. The van der Waals surface area contributed by atoms with Gasteiger partial charge in [-0.05, 0) is 26.8 Å². The van der Waals surface area contributed by atoms with E-state index in [1.54, 1.807) is 4.68 Å². The highest BCUT2D eigenvalue weighted by Gasteiger charge is 2.11. The average molecular weight is 207 g/mol. The number of aromatic nitrogens is 2. The first-order valence-corrected chi connectivity index (χ1v) is 4.63. The van der Waals surface area contributed by atoms with E-state index in [-0.39, 0.29) is 6.54 Å². The molecule has 5 heteroatoms. The fraction of sp³-hybridized carbons (Fsp3) is 0.500. The van der Waals surface area contributed by atoms with E-state index in [0.717, 1.165) is 11.4 Å². The van der Waals surface area contributed by atoms with Crippen molar-refractivity contribution in [3.63, 3.8) is 0 Å². The van der Waals surface area contributed by atoms with Gasteiger partial charge >= 0.3 is 5.97 Å². The van der Waals surface area contributed by atoms with Crippen LogP contribution < -0.4 is 0 Å². The van der Waals surface area contributed by atoms with Gasteiger partial charge < -0.3 is 4.74 Å². The fourth-order valence-corrected chi connectivity index (χ4v) is 1.22. The third-order valence-corrected chi connectivity index (χ3v) is 1.87. The zero-order chi connectivity index (χ0) is 11.4. The van der Waals surface area contributed by atoms with Gasteiger partial charge in [-0.2, -0.15) is 10.4 Å². The summed E-state index contributed by atoms with van der Waals surface area (Å²) in [4.78, 5) is 11.3. The van der Waals surface area contributed by atoms with Gasteiger partial charge in [0.05, 0.1) is 5.69 Å². The van der Waals surface area contributed by atoms with Gasteiger partial charge in [0.2, 0.25) is 0 Å². The van der Waals surface area contributed by atoms with E-state index >= 15 is 0 Å². The zero-order valence-electron chi connectivity index (χ0n) is 9.02. The molecule has 0 aliphatic carbocycles. The van der Waals surface area contributed by atoms with Crippen LogP contribution in [-0.2, 0) is 16.1 Å². The standard InChI is InChI=1S/C10H13N3O2/c1-7-4-8(2)13(12-7)6-10(14)15-9(3)5-11/h4,9H,6H2,1-3H3. The van der Waals surface area contributed by atoms with Crippen LogP contribution in [0.3, 0.4) is 0 Å². The third-order valence-electron chi connectivity index (χ3n) is 1.87. The molecule has 1 heterocycles. The smallest absolute Gasteiger partial charge is 0.329 e. The second-order valence-electron chi connectivity index (χ2n) is 3.35. The Morgan fingerprint density at radius 2 is 2.40 bits per heavy atom. The molecular weight excluding hydrogens is 194 g/mol. The van der Waals surface area contributed by atoms with Crippen molar-refractivity contribution in [3.8, 4) is 6.07 Å². The number of carbonyl (C=O) groups excluding carboxylic acids is 1. The van der Waals surface area contributed by atoms with Crippen LogP contribution in [0.2, 0.25) is 0 Å². The van der Waals surface area contributed by atoms with E-state index in [4.69, 9.17) is 10.00 Å². The normalized spacial score (nSPS) is 11.9. The minimum Gasteiger partial charge on any atom is -0.446 e. The molecular formula is C10H13N3O2. The molecule has 0 spiro atoms. The molecule has 1 aromatic rings. The summed E-state index contributed by atoms with van der Waals surface area (Å²) in [5.41, 5.74) is 1.75. The summed E-state index contributed by atoms with van der Waals surface area (Å²) >= 11 is 0. The first kappa shape index (κ1) is 11.2. The summed E-state index contributed by atoms with van der Waals surface area (Å²) in [6.45, 7) is 5.29. The second-order valence-corrected chi connectivity index (χ2v) is 3.35. The van der Waals surface area contributed by atoms with Crippen LogP contribution in [0.15, 0.2) is 6.07 Å². The summed E-state index contributed by atoms with van der Waals surface area (Å²) in [6.07, 6.45) is -0.713. The van der Waals surface area contributed by atoms with Gasteiger partial charge in [-0.3, -0.25) is 9.48 Å². The molecule has 0 saturated carbocycles. The van der Waals surface area contributed by atoms with Crippen molar-refractivity contribution < 1.29 is 9.53 Å². The van der Waals surface area contributed by atoms with Crippen LogP contribution in [0.4, 0.5) is 0 Å². The zero-order valence-corrected chi connectivity index (χ0v) is 9.02. The maximum atomic E-state index is 11.3. The molecule has 0 fully saturated rings. The molecule has 0 aromatic carbocycles. The number of hydrogen-bond acceptors (Lipinski definition) is 4. The van der Waals surface area contributed by atoms with Gasteiger partial charge in [-0.25, -0.2) is 0 Å². The van der Waals surface area contributed by atoms with Gasteiger partial charge in [0, 0.05) is 5.69 Å². The number of ether oxygens (including phenoxy) is 1. The Balaban J connectivity index is 2.59. The van der Waals surface area contributed by atoms with Crippen LogP contribution in [-0.4, -0.2) is 21.9 Å². The molecule has 1 aromatic heterocycles. The number of nitriles is 1. The lowest BCUT2D eigenvalue weighted by molar-refractivity contribution is -0.146. The Morgan fingerprint density at radius 3 is 2.87 bits per heavy atom. The minimum atomic E-state index is -0.713. The molecule has 5 nitrogen and oxygen atoms in total. The van der Waals surface area contributed by atoms with E-state index in [2.05, 4.69) is 5.10 Å². The van der Waals surface area contributed by atoms with Gasteiger partial charge in [0.1, 0.15) is 12.6 Å². The molecule has 0 aliphatic rings. The number of hydrogen-bond donors (Lipinski definition) is 0. The van der Waals surface area contributed by atoms with Crippen LogP contribution >= 0.6 is 0 Å². The highest BCUT2D eigenvalue weighted by atomic mass is 16.5. The predicted octanol–water partition coefficient (Wildman–Crippen LogP) is 0.955. The minimum absolute atomic E-state index is 0.0473. The van der Waals surface area contributed by atoms with E-state index in [9.17, 15) is 4.79 Å². The summed E-state index contributed by atoms with van der Waals surface area (Å²) in [7, 11) is 0. The van der Waals surface area contributed by atoms with Crippen molar-refractivity contribution in [2.75, 3.05) is 0 Å². The number of aryl methyl sites for hydroxylation is 2. The number of nitrogens with zero attached hydrogens (tertiary/aromatic N) is 3. The van der Waals surface area contributed by atoms with Crippen molar-refractivity contribution in [1.29, 1.82) is 5.26 Å². The monoisotopic (exact) mass is 207 g/mol. The van der Waals surface area contributed by atoms with Crippen molar-refractivity contribution >= 4 is 5.97 Å². The highest BCUT2D eigenvalue weighted by Crippen LogP contribution is 2.02. The molecule has 1 atom stereocenters. The topological polar surface area (TPSA) is 67.9 Å². The molecule has 1 rings (SSSR count). The Hall–Kier alpha value is -1.83. The lowest BCUT2D eigenvalue weighted by atomic mass is 10.4. The van der Waals surface area contributed by atoms with Crippen molar-refractivity contribution in [3.05, 3.63) is 17.5 Å². The van der Waals surface area contributed by atoms with Crippen LogP contribution in [0.25, 0.3) is 0 Å². The molecule has 0 bridgehead atoms. The van der Waals surface area contributed by atoms with Crippen molar-refractivity contribution in [1.82, 2.24) is 9.78 Å². The summed E-state index contributed by atoms with van der Waals surface area (Å²) in [5, 5.41) is 12.6. The van der Waals surface area contributed by atoms with E-state index in [1.165, 1.54) is 6.92 Å². The van der Waals surface area contributed by atoms with Gasteiger partial charge in [0.15, 0.2) is 6.10 Å². The SMILES string of the molecule is Cc1cc(C)n(CC(=O)OC(C)C#N)n1. The van der Waals surface area contributed by atoms with Crippen molar-refractivity contribution in [2.45, 2.75) is 33.4 Å². The van der Waals surface area contributed by atoms with Gasteiger partial charge in [-0.15, -0.1) is 0 Å². The molecule has 15 heavy (non-hydrogen) atoms. The molecule has 0 radical (unpaired) electrons. The maximum Gasteiger partial charge on any atom is 0.329 e. The maximum absolute atomic E-state index is 11.3. The average Bonchev–Trinajstić information content (AvgIpc) is 2.44. The Morgan fingerprint density at radius 1 is 1.73 bits per heavy atom. The molecule has 0 saturated heterocycles. The first-order chi connectivity index (χ1) is 7.02. The van der Waals surface area contributed by atoms with Crippen LogP contribution in [0.5, 0.6) is 0 Å². The summed E-state index contributed by atoms with van der Waals surface area (Å²) in [6, 6.07) is 3.70. The highest BCUT2D eigenvalue weighted by molar-refractivity contribution is 5.69. The van der Waals surface area contributed by atoms with Crippen LogP contribution in [0.1, 0.15) is 18.3 Å². The van der Waals surface area contributed by atoms with Gasteiger partial charge in [0.25, 0.3) is 0 Å². The number of esters is 1. The van der Waals surface area contributed by atoms with E-state index in [0.29, 0.717) is 0 Å². The predicted molar refractivity (Wildman–Crippen MR) is 52.9 cm³/mol. The Bertz CT molecular complexity index is 403. The molecule has 0 N–H and O–H groups in total. The largest absolute Gasteiger partial charge is 0.446 e. The second kappa shape index (κ2) is 4.60. The van der Waals surface area contributed by atoms with E-state index < -0.39 is 12.1 Å². The molecule has 0 amide bonds. The lowest BCUT2D eigenvalue weighted by Crippen LogP contribution is -2.19. The Labute approximate surface area is 88.3 Å². The third kappa shape index (κ3) is 3.09.